The van der Waals surface area contributed by atoms with E-state index < -0.39 is 0 Å². The Kier molecular flexibility index (Phi) is 2.53. The molecule has 1 aliphatic rings. The normalized spacial score (nSPS) is 15.0. The third-order valence-electron chi connectivity index (χ3n) is 1.84. The molecule has 0 aromatic heterocycles. The molecule has 0 unspecified atom stereocenters. The number of halogens is 1. The van der Waals surface area contributed by atoms with Crippen LogP contribution in [-0.2, 0) is 0 Å². The summed E-state index contributed by atoms with van der Waals surface area (Å²) in [5.41, 5.74) is 0.933. The molecule has 0 bridgehead atoms. The smallest absolute Gasteiger partial charge is 0.210 e. The van der Waals surface area contributed by atoms with Gasteiger partial charge in [0.1, 0.15) is 5.75 Å². The summed E-state index contributed by atoms with van der Waals surface area (Å²) in [6.45, 7) is 0. The van der Waals surface area contributed by atoms with Crippen molar-refractivity contribution in [2.24, 2.45) is 20.7 Å². The number of rotatable bonds is 2. The highest BCUT2D eigenvalue weighted by Crippen LogP contribution is 2.31. The Morgan fingerprint density at radius 2 is 2.00 bits per heavy atom. The maximum atomic E-state index is 5.11. The van der Waals surface area contributed by atoms with Crippen molar-refractivity contribution < 1.29 is 4.74 Å². The van der Waals surface area contributed by atoms with E-state index in [1.807, 2.05) is 18.2 Å². The first kappa shape index (κ1) is 9.26. The minimum absolute atomic E-state index is 0.308. The molecule has 0 saturated carbocycles. The van der Waals surface area contributed by atoms with Crippen LogP contribution in [0.5, 0.6) is 5.75 Å². The number of nitrogens with zero attached hydrogens (tertiary/aromatic N) is 4. The maximum Gasteiger partial charge on any atom is 0.210 e. The van der Waals surface area contributed by atoms with Gasteiger partial charge in [-0.2, -0.15) is 0 Å². The number of methoxy groups -OCH3 is 1. The lowest BCUT2D eigenvalue weighted by molar-refractivity contribution is 0.412. The van der Waals surface area contributed by atoms with Gasteiger partial charge in [0, 0.05) is 5.56 Å². The monoisotopic (exact) mass is 254 g/mol. The van der Waals surface area contributed by atoms with Crippen molar-refractivity contribution in [3.05, 3.63) is 28.2 Å². The molecule has 1 aliphatic heterocycles. The summed E-state index contributed by atoms with van der Waals surface area (Å²) >= 11 is 3.38. The molecule has 0 radical (unpaired) electrons. The fourth-order valence-corrected chi connectivity index (χ4v) is 1.70. The fourth-order valence-electron chi connectivity index (χ4n) is 1.14. The lowest BCUT2D eigenvalue weighted by atomic mass is 10.2. The van der Waals surface area contributed by atoms with Crippen LogP contribution in [0.25, 0.3) is 0 Å². The van der Waals surface area contributed by atoms with E-state index >= 15 is 0 Å². The number of ether oxygens (including phenoxy) is 1. The van der Waals surface area contributed by atoms with E-state index in [1.54, 1.807) is 7.11 Å². The summed E-state index contributed by atoms with van der Waals surface area (Å²) in [5, 5.41) is 14.6. The molecular formula is C8H7BrN4O. The molecule has 1 heterocycles. The van der Waals surface area contributed by atoms with Crippen molar-refractivity contribution in [1.82, 2.24) is 0 Å². The van der Waals surface area contributed by atoms with Gasteiger partial charge < -0.3 is 4.74 Å². The average molecular weight is 255 g/mol. The molecule has 0 fully saturated rings. The van der Waals surface area contributed by atoms with E-state index in [9.17, 15) is 0 Å². The lowest BCUT2D eigenvalue weighted by Gasteiger charge is -2.06. The summed E-state index contributed by atoms with van der Waals surface area (Å²) in [5.74, 6) is 0.778. The first-order valence-corrected chi connectivity index (χ1v) is 4.74. The van der Waals surface area contributed by atoms with Crippen LogP contribution in [0.1, 0.15) is 11.7 Å². The van der Waals surface area contributed by atoms with E-state index in [-0.39, 0.29) is 6.17 Å². The van der Waals surface area contributed by atoms with Gasteiger partial charge in [-0.05, 0) is 38.5 Å². The van der Waals surface area contributed by atoms with Crippen LogP contribution >= 0.6 is 15.9 Å². The van der Waals surface area contributed by atoms with Gasteiger partial charge in [0.15, 0.2) is 0 Å². The summed E-state index contributed by atoms with van der Waals surface area (Å²) in [4.78, 5) is 0. The average Bonchev–Trinajstić information content (AvgIpc) is 2.70. The minimum atomic E-state index is -0.308. The molecule has 1 aromatic rings. The molecule has 0 amide bonds. The molecule has 1 aromatic carbocycles. The third kappa shape index (κ3) is 1.65. The van der Waals surface area contributed by atoms with Crippen molar-refractivity contribution in [3.63, 3.8) is 0 Å². The molecule has 72 valence electrons. The Morgan fingerprint density at radius 1 is 1.29 bits per heavy atom. The highest BCUT2D eigenvalue weighted by molar-refractivity contribution is 9.10. The molecule has 0 aliphatic carbocycles. The molecule has 0 N–H and O–H groups in total. The Morgan fingerprint density at radius 3 is 2.57 bits per heavy atom. The van der Waals surface area contributed by atoms with Gasteiger partial charge in [0.2, 0.25) is 6.17 Å². The predicted octanol–water partition coefficient (Wildman–Crippen LogP) is 3.29. The van der Waals surface area contributed by atoms with Gasteiger partial charge in [0.25, 0.3) is 0 Å². The Bertz CT molecular complexity index is 392. The molecule has 0 spiro atoms. The molecule has 14 heavy (non-hydrogen) atoms. The van der Waals surface area contributed by atoms with Crippen molar-refractivity contribution in [1.29, 1.82) is 0 Å². The summed E-state index contributed by atoms with van der Waals surface area (Å²) in [7, 11) is 1.62. The molecular weight excluding hydrogens is 248 g/mol. The molecule has 5 nitrogen and oxygen atoms in total. The van der Waals surface area contributed by atoms with Gasteiger partial charge in [-0.15, -0.1) is 10.2 Å². The van der Waals surface area contributed by atoms with E-state index in [0.717, 1.165) is 15.8 Å². The van der Waals surface area contributed by atoms with Crippen molar-refractivity contribution >= 4 is 15.9 Å². The van der Waals surface area contributed by atoms with Crippen LogP contribution in [0.3, 0.4) is 0 Å². The van der Waals surface area contributed by atoms with E-state index in [2.05, 4.69) is 36.6 Å². The Hall–Kier alpha value is -1.30. The minimum Gasteiger partial charge on any atom is -0.496 e. The summed E-state index contributed by atoms with van der Waals surface area (Å²) in [6.07, 6.45) is -0.308. The van der Waals surface area contributed by atoms with E-state index in [1.165, 1.54) is 0 Å². The first-order valence-electron chi connectivity index (χ1n) is 3.94. The number of hydrogen-bond acceptors (Lipinski definition) is 5. The lowest BCUT2D eigenvalue weighted by Crippen LogP contribution is -1.90. The van der Waals surface area contributed by atoms with Crippen LogP contribution in [0.15, 0.2) is 43.3 Å². The van der Waals surface area contributed by atoms with Gasteiger partial charge >= 0.3 is 0 Å². The zero-order valence-electron chi connectivity index (χ0n) is 7.38. The second-order valence-corrected chi connectivity index (χ2v) is 3.53. The van der Waals surface area contributed by atoms with Gasteiger partial charge in [-0.3, -0.25) is 0 Å². The van der Waals surface area contributed by atoms with Crippen molar-refractivity contribution in [3.8, 4) is 5.75 Å². The van der Waals surface area contributed by atoms with Crippen LogP contribution < -0.4 is 4.74 Å². The molecule has 0 saturated heterocycles. The second kappa shape index (κ2) is 3.83. The third-order valence-corrected chi connectivity index (χ3v) is 2.46. The van der Waals surface area contributed by atoms with Crippen LogP contribution in [0.2, 0.25) is 0 Å². The highest BCUT2D eigenvalue weighted by atomic mass is 79.9. The summed E-state index contributed by atoms with van der Waals surface area (Å²) < 4.78 is 5.98. The van der Waals surface area contributed by atoms with Gasteiger partial charge in [-0.1, -0.05) is 6.07 Å². The quantitative estimate of drug-likeness (QED) is 0.799. The Balaban J connectivity index is 2.32. The first-order chi connectivity index (χ1) is 6.81. The zero-order chi connectivity index (χ0) is 9.97. The predicted molar refractivity (Wildman–Crippen MR) is 53.1 cm³/mol. The van der Waals surface area contributed by atoms with Gasteiger partial charge in [-0.25, -0.2) is 0 Å². The van der Waals surface area contributed by atoms with Crippen LogP contribution in [0, 0.1) is 0 Å². The molecule has 6 heteroatoms. The standard InChI is InChI=1S/C8H7BrN4O/c1-14-7-3-2-5(4-6(7)9)8-10-12-13-11-8/h2-4,8H,1H3. The largest absolute Gasteiger partial charge is 0.496 e. The Labute approximate surface area is 89.0 Å². The van der Waals surface area contributed by atoms with Crippen molar-refractivity contribution in [2.45, 2.75) is 6.17 Å². The highest BCUT2D eigenvalue weighted by Gasteiger charge is 2.13. The van der Waals surface area contributed by atoms with E-state index in [0.29, 0.717) is 0 Å². The van der Waals surface area contributed by atoms with Crippen LogP contribution in [-0.4, -0.2) is 7.11 Å². The number of benzene rings is 1. The second-order valence-electron chi connectivity index (χ2n) is 2.68. The zero-order valence-corrected chi connectivity index (χ0v) is 8.97. The summed E-state index contributed by atoms with van der Waals surface area (Å²) in [6, 6.07) is 5.63. The molecule has 2 rings (SSSR count). The van der Waals surface area contributed by atoms with Gasteiger partial charge in [0.05, 0.1) is 11.6 Å². The molecule has 0 atom stereocenters. The van der Waals surface area contributed by atoms with Crippen molar-refractivity contribution in [2.75, 3.05) is 7.11 Å². The SMILES string of the molecule is COc1ccc(C2N=NN=N2)cc1Br. The van der Waals surface area contributed by atoms with Crippen LogP contribution in [0.4, 0.5) is 0 Å². The topological polar surface area (TPSA) is 58.7 Å². The maximum absolute atomic E-state index is 5.11. The van der Waals surface area contributed by atoms with E-state index in [4.69, 9.17) is 4.74 Å². The fraction of sp³-hybridized carbons (Fsp3) is 0.250. The number of hydrogen-bond donors (Lipinski definition) is 0.